The Morgan fingerprint density at radius 3 is 2.95 bits per heavy atom. The molecular weight excluding hydrogens is 252 g/mol. The molecule has 2 fully saturated rings. The predicted octanol–water partition coefficient (Wildman–Crippen LogP) is 1.55. The molecule has 1 N–H and O–H groups in total. The molecule has 0 radical (unpaired) electrons. The second-order valence-electron chi connectivity index (χ2n) is 5.93. The van der Waals surface area contributed by atoms with Crippen LogP contribution in [-0.2, 0) is 0 Å². The van der Waals surface area contributed by atoms with Crippen molar-refractivity contribution in [2.24, 2.45) is 0 Å². The summed E-state index contributed by atoms with van der Waals surface area (Å²) < 4.78 is 1.87. The molecule has 5 heteroatoms. The molecule has 1 saturated carbocycles. The molecule has 1 saturated heterocycles. The van der Waals surface area contributed by atoms with E-state index in [1.54, 1.807) is 6.20 Å². The summed E-state index contributed by atoms with van der Waals surface area (Å²) in [5, 5.41) is 3.51. The van der Waals surface area contributed by atoms with Crippen molar-refractivity contribution in [3.05, 3.63) is 22.7 Å². The van der Waals surface area contributed by atoms with E-state index in [4.69, 9.17) is 0 Å². The van der Waals surface area contributed by atoms with Gasteiger partial charge in [0.2, 0.25) is 0 Å². The van der Waals surface area contributed by atoms with Crippen LogP contribution in [0.2, 0.25) is 0 Å². The molecule has 0 amide bonds. The van der Waals surface area contributed by atoms with Gasteiger partial charge in [-0.3, -0.25) is 4.79 Å². The van der Waals surface area contributed by atoms with Gasteiger partial charge >= 0.3 is 0 Å². The van der Waals surface area contributed by atoms with E-state index in [2.05, 4.69) is 22.1 Å². The summed E-state index contributed by atoms with van der Waals surface area (Å²) in [6, 6.07) is 0.912. The third kappa shape index (κ3) is 2.87. The molecule has 2 heterocycles. The zero-order chi connectivity index (χ0) is 13.9. The molecule has 2 aliphatic rings. The van der Waals surface area contributed by atoms with Gasteiger partial charge < -0.3 is 14.8 Å². The number of aromatic nitrogens is 2. The lowest BCUT2D eigenvalue weighted by molar-refractivity contribution is 0.569. The summed E-state index contributed by atoms with van der Waals surface area (Å²) in [5.41, 5.74) is 0.0847. The van der Waals surface area contributed by atoms with E-state index in [1.807, 2.05) is 10.8 Å². The summed E-state index contributed by atoms with van der Waals surface area (Å²) in [6.45, 7) is 5.04. The molecular formula is C15H24N4O. The summed E-state index contributed by atoms with van der Waals surface area (Å²) in [7, 11) is 0. The Morgan fingerprint density at radius 1 is 1.45 bits per heavy atom. The fourth-order valence-corrected chi connectivity index (χ4v) is 3.00. The molecule has 0 spiro atoms. The number of hydrogen-bond acceptors (Lipinski definition) is 4. The topological polar surface area (TPSA) is 50.2 Å². The maximum Gasteiger partial charge on any atom is 0.293 e. The Labute approximate surface area is 120 Å². The highest BCUT2D eigenvalue weighted by atomic mass is 16.1. The largest absolute Gasteiger partial charge is 0.350 e. The molecule has 1 atom stereocenters. The predicted molar refractivity (Wildman–Crippen MR) is 80.3 cm³/mol. The van der Waals surface area contributed by atoms with Crippen LogP contribution >= 0.6 is 0 Å². The minimum atomic E-state index is 0.0847. The SMILES string of the molecule is CCCN(CC1CCCN1)c1nccn(C2CC2)c1=O. The van der Waals surface area contributed by atoms with Crippen molar-refractivity contribution >= 4 is 5.82 Å². The smallest absolute Gasteiger partial charge is 0.293 e. The standard InChI is InChI=1S/C15H24N4O/c1-2-9-18(11-12-4-3-7-16-12)14-15(20)19(10-8-17-14)13-5-6-13/h8,10,12-13,16H,2-7,9,11H2,1H3. The second-order valence-corrected chi connectivity index (χ2v) is 5.93. The summed E-state index contributed by atoms with van der Waals surface area (Å²) in [5.74, 6) is 0.634. The average Bonchev–Trinajstić information content (AvgIpc) is 3.16. The molecule has 1 aliphatic carbocycles. The van der Waals surface area contributed by atoms with Gasteiger partial charge in [0.1, 0.15) is 0 Å². The Bertz CT molecular complexity index is 503. The van der Waals surface area contributed by atoms with E-state index in [0.29, 0.717) is 17.9 Å². The third-order valence-corrected chi connectivity index (χ3v) is 4.19. The summed E-state index contributed by atoms with van der Waals surface area (Å²) in [6.07, 6.45) is 9.33. The highest BCUT2D eigenvalue weighted by Gasteiger charge is 2.27. The molecule has 1 unspecified atom stereocenters. The van der Waals surface area contributed by atoms with Crippen LogP contribution in [0, 0.1) is 0 Å². The van der Waals surface area contributed by atoms with Crippen LogP contribution in [-0.4, -0.2) is 35.2 Å². The Balaban J connectivity index is 1.82. The zero-order valence-electron chi connectivity index (χ0n) is 12.2. The van der Waals surface area contributed by atoms with Gasteiger partial charge in [-0.1, -0.05) is 6.92 Å². The summed E-state index contributed by atoms with van der Waals surface area (Å²) in [4.78, 5) is 19.1. The molecule has 1 aliphatic heterocycles. The molecule has 0 aromatic carbocycles. The second kappa shape index (κ2) is 5.95. The van der Waals surface area contributed by atoms with Gasteiger partial charge in [0.05, 0.1) is 0 Å². The van der Waals surface area contributed by atoms with Gasteiger partial charge in [-0.25, -0.2) is 4.98 Å². The zero-order valence-corrected chi connectivity index (χ0v) is 12.2. The Morgan fingerprint density at radius 2 is 2.30 bits per heavy atom. The van der Waals surface area contributed by atoms with Gasteiger partial charge in [0.15, 0.2) is 5.82 Å². The van der Waals surface area contributed by atoms with Crippen LogP contribution in [0.25, 0.3) is 0 Å². The molecule has 3 rings (SSSR count). The van der Waals surface area contributed by atoms with Gasteiger partial charge in [0.25, 0.3) is 5.56 Å². The van der Waals surface area contributed by atoms with Crippen LogP contribution in [0.4, 0.5) is 5.82 Å². The van der Waals surface area contributed by atoms with E-state index >= 15 is 0 Å². The van der Waals surface area contributed by atoms with E-state index < -0.39 is 0 Å². The van der Waals surface area contributed by atoms with Crippen LogP contribution in [0.5, 0.6) is 0 Å². The number of anilines is 1. The van der Waals surface area contributed by atoms with Crippen molar-refractivity contribution in [1.29, 1.82) is 0 Å². The maximum atomic E-state index is 12.6. The van der Waals surface area contributed by atoms with E-state index in [1.165, 1.54) is 12.8 Å². The van der Waals surface area contributed by atoms with Crippen molar-refractivity contribution in [2.75, 3.05) is 24.5 Å². The Kier molecular flexibility index (Phi) is 4.05. The van der Waals surface area contributed by atoms with E-state index in [-0.39, 0.29) is 5.56 Å². The van der Waals surface area contributed by atoms with Gasteiger partial charge in [0, 0.05) is 37.6 Å². The maximum absolute atomic E-state index is 12.6. The first kappa shape index (κ1) is 13.6. The van der Waals surface area contributed by atoms with Gasteiger partial charge in [-0.2, -0.15) is 0 Å². The van der Waals surface area contributed by atoms with Crippen molar-refractivity contribution < 1.29 is 0 Å². The Hall–Kier alpha value is -1.36. The quantitative estimate of drug-likeness (QED) is 0.856. The van der Waals surface area contributed by atoms with Crippen molar-refractivity contribution in [3.8, 4) is 0 Å². The van der Waals surface area contributed by atoms with E-state index in [0.717, 1.165) is 38.9 Å². The normalized spacial score (nSPS) is 22.1. The van der Waals surface area contributed by atoms with E-state index in [9.17, 15) is 4.79 Å². The number of rotatable bonds is 6. The first-order valence-electron chi connectivity index (χ1n) is 7.85. The fraction of sp³-hybridized carbons (Fsp3) is 0.733. The van der Waals surface area contributed by atoms with Crippen LogP contribution in [0.3, 0.4) is 0 Å². The summed E-state index contributed by atoms with van der Waals surface area (Å²) >= 11 is 0. The molecule has 110 valence electrons. The average molecular weight is 276 g/mol. The first-order chi connectivity index (χ1) is 9.79. The highest BCUT2D eigenvalue weighted by molar-refractivity contribution is 5.36. The fourth-order valence-electron chi connectivity index (χ4n) is 3.00. The molecule has 1 aromatic heterocycles. The van der Waals surface area contributed by atoms with Gasteiger partial charge in [-0.05, 0) is 38.6 Å². The molecule has 0 bridgehead atoms. The number of nitrogens with zero attached hydrogens (tertiary/aromatic N) is 3. The number of nitrogens with one attached hydrogen (secondary N) is 1. The monoisotopic (exact) mass is 276 g/mol. The highest BCUT2D eigenvalue weighted by Crippen LogP contribution is 2.33. The minimum absolute atomic E-state index is 0.0847. The van der Waals surface area contributed by atoms with Crippen LogP contribution in [0.1, 0.15) is 45.1 Å². The van der Waals surface area contributed by atoms with Crippen molar-refractivity contribution in [3.63, 3.8) is 0 Å². The van der Waals surface area contributed by atoms with Crippen molar-refractivity contribution in [1.82, 2.24) is 14.9 Å². The molecule has 5 nitrogen and oxygen atoms in total. The lowest BCUT2D eigenvalue weighted by Crippen LogP contribution is -2.41. The lowest BCUT2D eigenvalue weighted by atomic mass is 10.2. The van der Waals surface area contributed by atoms with Crippen LogP contribution < -0.4 is 15.8 Å². The van der Waals surface area contributed by atoms with Crippen LogP contribution in [0.15, 0.2) is 17.2 Å². The third-order valence-electron chi connectivity index (χ3n) is 4.19. The molecule has 20 heavy (non-hydrogen) atoms. The van der Waals surface area contributed by atoms with Gasteiger partial charge in [-0.15, -0.1) is 0 Å². The van der Waals surface area contributed by atoms with Crippen molar-refractivity contribution in [2.45, 2.75) is 51.1 Å². The first-order valence-corrected chi connectivity index (χ1v) is 7.85. The lowest BCUT2D eigenvalue weighted by Gasteiger charge is -2.26. The number of hydrogen-bond donors (Lipinski definition) is 1. The molecule has 1 aromatic rings. The minimum Gasteiger partial charge on any atom is -0.350 e.